The number of nitrogens with one attached hydrogen (secondary N) is 1. The fourth-order valence-electron chi connectivity index (χ4n) is 2.48. The third kappa shape index (κ3) is 2.62. The topological polar surface area (TPSA) is 69.0 Å². The number of hydrogen-bond acceptors (Lipinski definition) is 4. The average Bonchev–Trinajstić information content (AvgIpc) is 3.09. The minimum Gasteiger partial charge on any atom is -0.458 e. The van der Waals surface area contributed by atoms with E-state index in [1.165, 1.54) is 0 Å². The number of halogens is 1. The highest BCUT2D eigenvalue weighted by Gasteiger charge is 2.22. The van der Waals surface area contributed by atoms with Gasteiger partial charge in [0, 0.05) is 24.3 Å². The van der Waals surface area contributed by atoms with E-state index >= 15 is 0 Å². The van der Waals surface area contributed by atoms with Crippen LogP contribution in [-0.2, 0) is 6.54 Å². The van der Waals surface area contributed by atoms with Gasteiger partial charge in [0.25, 0.3) is 0 Å². The Kier molecular flexibility index (Phi) is 4.10. The van der Waals surface area contributed by atoms with E-state index in [4.69, 9.17) is 10.3 Å². The summed E-state index contributed by atoms with van der Waals surface area (Å²) in [5.41, 5.74) is 3.63. The fraction of sp³-hybridized carbons (Fsp3) is 0.267. The summed E-state index contributed by atoms with van der Waals surface area (Å²) in [4.78, 5) is 4.42. The van der Waals surface area contributed by atoms with E-state index < -0.39 is 0 Å². The monoisotopic (exact) mass is 348 g/mol. The number of furan rings is 1. The number of aryl methyl sites for hydroxylation is 1. The molecule has 0 spiro atoms. The van der Waals surface area contributed by atoms with E-state index in [0.717, 1.165) is 40.0 Å². The predicted molar refractivity (Wildman–Crippen MR) is 85.6 cm³/mol. The number of para-hydroxylation sites is 1. The molecule has 3 N–H and O–H groups in total. The number of hydrogen-bond donors (Lipinski definition) is 2. The van der Waals surface area contributed by atoms with Crippen LogP contribution in [0, 0.1) is 0 Å². The van der Waals surface area contributed by atoms with Crippen LogP contribution in [0.25, 0.3) is 11.0 Å². The Labute approximate surface area is 131 Å². The van der Waals surface area contributed by atoms with E-state index in [0.29, 0.717) is 0 Å². The Hall–Kier alpha value is -1.63. The number of rotatable bonds is 5. The number of hydrazine groups is 1. The summed E-state index contributed by atoms with van der Waals surface area (Å²) in [6.45, 7) is 3.03. The molecular weight excluding hydrogens is 332 g/mol. The highest BCUT2D eigenvalue weighted by atomic mass is 79.9. The summed E-state index contributed by atoms with van der Waals surface area (Å²) < 4.78 is 8.99. The summed E-state index contributed by atoms with van der Waals surface area (Å²) in [5, 5.41) is 1.04. The maximum atomic E-state index is 5.97. The van der Waals surface area contributed by atoms with E-state index in [2.05, 4.69) is 37.8 Å². The van der Waals surface area contributed by atoms with Crippen LogP contribution in [0.15, 0.2) is 45.5 Å². The summed E-state index contributed by atoms with van der Waals surface area (Å²) >= 11 is 3.50. The van der Waals surface area contributed by atoms with Gasteiger partial charge in [-0.05, 0) is 34.5 Å². The van der Waals surface area contributed by atoms with Crippen molar-refractivity contribution < 1.29 is 4.42 Å². The van der Waals surface area contributed by atoms with E-state index in [9.17, 15) is 0 Å². The van der Waals surface area contributed by atoms with Gasteiger partial charge in [-0.25, -0.2) is 10.4 Å². The zero-order valence-electron chi connectivity index (χ0n) is 11.7. The number of aromatic nitrogens is 2. The van der Waals surface area contributed by atoms with Crippen LogP contribution < -0.4 is 11.3 Å². The molecule has 1 atom stereocenters. The number of benzene rings is 1. The molecule has 5 nitrogen and oxygen atoms in total. The van der Waals surface area contributed by atoms with Gasteiger partial charge >= 0.3 is 0 Å². The Morgan fingerprint density at radius 2 is 2.33 bits per heavy atom. The Balaban J connectivity index is 2.05. The van der Waals surface area contributed by atoms with Gasteiger partial charge < -0.3 is 8.98 Å². The van der Waals surface area contributed by atoms with Gasteiger partial charge in [0.2, 0.25) is 0 Å². The van der Waals surface area contributed by atoms with Crippen LogP contribution in [0.1, 0.15) is 31.0 Å². The van der Waals surface area contributed by atoms with Crippen LogP contribution >= 0.6 is 15.9 Å². The summed E-state index contributed by atoms with van der Waals surface area (Å²) in [6, 6.07) is 7.67. The van der Waals surface area contributed by atoms with Crippen molar-refractivity contribution >= 4 is 26.9 Å². The Morgan fingerprint density at radius 3 is 3.05 bits per heavy atom. The lowest BCUT2D eigenvalue weighted by Gasteiger charge is -2.14. The van der Waals surface area contributed by atoms with Crippen molar-refractivity contribution in [3.8, 4) is 0 Å². The van der Waals surface area contributed by atoms with Gasteiger partial charge in [0.05, 0.1) is 4.47 Å². The van der Waals surface area contributed by atoms with Crippen molar-refractivity contribution in [3.63, 3.8) is 0 Å². The molecule has 0 saturated heterocycles. The van der Waals surface area contributed by atoms with E-state index in [-0.39, 0.29) is 6.04 Å². The molecule has 2 heterocycles. The lowest BCUT2D eigenvalue weighted by atomic mass is 10.2. The first-order chi connectivity index (χ1) is 10.2. The van der Waals surface area contributed by atoms with Crippen molar-refractivity contribution in [1.82, 2.24) is 15.0 Å². The van der Waals surface area contributed by atoms with Crippen molar-refractivity contribution in [1.29, 1.82) is 0 Å². The number of fused-ring (bicyclic) bond motifs is 1. The molecule has 0 aliphatic heterocycles. The molecule has 6 heteroatoms. The van der Waals surface area contributed by atoms with Gasteiger partial charge in [-0.2, -0.15) is 0 Å². The molecule has 0 amide bonds. The largest absolute Gasteiger partial charge is 0.458 e. The molecule has 3 aromatic rings. The fourth-order valence-corrected chi connectivity index (χ4v) is 2.95. The Morgan fingerprint density at radius 1 is 1.48 bits per heavy atom. The zero-order valence-corrected chi connectivity index (χ0v) is 13.3. The van der Waals surface area contributed by atoms with Crippen LogP contribution in [0.3, 0.4) is 0 Å². The van der Waals surface area contributed by atoms with Crippen molar-refractivity contribution in [2.24, 2.45) is 5.84 Å². The number of nitrogens with two attached hydrogens (primary N) is 1. The first kappa shape index (κ1) is 14.3. The Bertz CT molecular complexity index is 749. The molecular formula is C15H17BrN4O. The molecule has 0 fully saturated rings. The maximum absolute atomic E-state index is 5.97. The normalized spacial score (nSPS) is 12.9. The van der Waals surface area contributed by atoms with Crippen molar-refractivity contribution in [2.45, 2.75) is 25.9 Å². The molecule has 3 rings (SSSR count). The second kappa shape index (κ2) is 6.01. The SMILES string of the molecule is CCCn1ccnc1C(NN)c1cc2cccc(Br)c2o1. The van der Waals surface area contributed by atoms with Gasteiger partial charge in [0.1, 0.15) is 23.2 Å². The summed E-state index contributed by atoms with van der Waals surface area (Å²) in [6.07, 6.45) is 4.78. The number of nitrogens with zero attached hydrogens (tertiary/aromatic N) is 2. The first-order valence-electron chi connectivity index (χ1n) is 6.89. The molecule has 2 aromatic heterocycles. The lowest BCUT2D eigenvalue weighted by Crippen LogP contribution is -2.30. The average molecular weight is 349 g/mol. The molecule has 0 radical (unpaired) electrons. The second-order valence-corrected chi connectivity index (χ2v) is 5.74. The van der Waals surface area contributed by atoms with E-state index in [1.54, 1.807) is 6.20 Å². The summed E-state index contributed by atoms with van der Waals surface area (Å²) in [7, 11) is 0. The molecule has 0 aliphatic rings. The lowest BCUT2D eigenvalue weighted by molar-refractivity contribution is 0.448. The molecule has 110 valence electrons. The predicted octanol–water partition coefficient (Wildman–Crippen LogP) is 3.35. The van der Waals surface area contributed by atoms with Crippen LogP contribution in [0.2, 0.25) is 0 Å². The molecule has 0 bridgehead atoms. The molecule has 0 aliphatic carbocycles. The molecule has 0 saturated carbocycles. The quantitative estimate of drug-likeness (QED) is 0.548. The smallest absolute Gasteiger partial charge is 0.148 e. The second-order valence-electron chi connectivity index (χ2n) is 4.89. The van der Waals surface area contributed by atoms with Crippen LogP contribution in [-0.4, -0.2) is 9.55 Å². The van der Waals surface area contributed by atoms with Gasteiger partial charge in [-0.3, -0.25) is 5.84 Å². The van der Waals surface area contributed by atoms with Gasteiger partial charge in [0.15, 0.2) is 0 Å². The number of imidazole rings is 1. The molecule has 21 heavy (non-hydrogen) atoms. The van der Waals surface area contributed by atoms with Crippen molar-refractivity contribution in [3.05, 3.63) is 52.7 Å². The maximum Gasteiger partial charge on any atom is 0.148 e. The van der Waals surface area contributed by atoms with Gasteiger partial charge in [-0.15, -0.1) is 0 Å². The van der Waals surface area contributed by atoms with Gasteiger partial charge in [-0.1, -0.05) is 19.1 Å². The van der Waals surface area contributed by atoms with E-state index in [1.807, 2.05) is 30.5 Å². The first-order valence-corrected chi connectivity index (χ1v) is 7.69. The minimum absolute atomic E-state index is 0.272. The zero-order chi connectivity index (χ0) is 14.8. The van der Waals surface area contributed by atoms with Crippen LogP contribution in [0.5, 0.6) is 0 Å². The third-order valence-corrected chi connectivity index (χ3v) is 4.06. The minimum atomic E-state index is -0.272. The highest BCUT2D eigenvalue weighted by Crippen LogP contribution is 2.31. The van der Waals surface area contributed by atoms with Crippen molar-refractivity contribution in [2.75, 3.05) is 0 Å². The molecule has 1 unspecified atom stereocenters. The standard InChI is InChI=1S/C15H17BrN4O/c1-2-7-20-8-6-18-15(20)13(19-17)12-9-10-4-3-5-11(16)14(10)21-12/h3-6,8-9,13,19H,2,7,17H2,1H3. The molecule has 1 aromatic carbocycles. The third-order valence-electron chi connectivity index (χ3n) is 3.44. The van der Waals surface area contributed by atoms with Crippen LogP contribution in [0.4, 0.5) is 0 Å². The highest BCUT2D eigenvalue weighted by molar-refractivity contribution is 9.10. The summed E-state index contributed by atoms with van der Waals surface area (Å²) in [5.74, 6) is 7.35.